The first-order valence-electron chi connectivity index (χ1n) is 12.1. The van der Waals surface area contributed by atoms with Gasteiger partial charge in [0.05, 0.1) is 39.1 Å². The molecule has 0 aliphatic carbocycles. The third-order valence-electron chi connectivity index (χ3n) is 6.13. The number of nitrogens with zero attached hydrogens (tertiary/aromatic N) is 2. The zero-order chi connectivity index (χ0) is 29.4. The number of azo groups is 1. The van der Waals surface area contributed by atoms with Gasteiger partial charge in [-0.25, -0.2) is 28.8 Å². The fraction of sp³-hybridized carbons (Fsp3) is 0. The van der Waals surface area contributed by atoms with Crippen molar-refractivity contribution in [2.24, 2.45) is 10.2 Å². The van der Waals surface area contributed by atoms with E-state index in [4.69, 9.17) is 9.47 Å². The maximum atomic E-state index is 13.0. The van der Waals surface area contributed by atoms with Crippen LogP contribution in [0.25, 0.3) is 0 Å². The maximum Gasteiger partial charge on any atom is 0.346 e. The number of benzene rings is 4. The van der Waals surface area contributed by atoms with E-state index in [9.17, 15) is 28.8 Å². The number of carbonyl (C=O) groups excluding carboxylic acids is 6. The number of rotatable bonds is 6. The SMILES string of the molecule is O=C(Oc1ccc(N=Nc2ccccc2)c(OC(=O)c2ccc3c(c2)C(=O)OC3=O)c1)c1ccc2c(c1)C(=O)OC2=O. The molecule has 4 aromatic rings. The average molecular weight is 562 g/mol. The standard InChI is InChI=1S/C30H14N2O10/c33-25(15-6-9-19-21(12-15)29(37)41-27(19)35)39-18-8-11-23(32-31-17-4-2-1-3-5-17)24(14-18)40-26(34)16-7-10-20-22(13-16)30(38)42-28(20)36/h1-14H. The van der Waals surface area contributed by atoms with E-state index < -0.39 is 35.8 Å². The Morgan fingerprint density at radius 1 is 0.548 bits per heavy atom. The predicted molar refractivity (Wildman–Crippen MR) is 139 cm³/mol. The topological polar surface area (TPSA) is 164 Å². The molecular weight excluding hydrogens is 548 g/mol. The number of fused-ring (bicyclic) bond motifs is 2. The van der Waals surface area contributed by atoms with Crippen molar-refractivity contribution in [2.75, 3.05) is 0 Å². The van der Waals surface area contributed by atoms with Gasteiger partial charge in [-0.2, -0.15) is 5.11 Å². The summed E-state index contributed by atoms with van der Waals surface area (Å²) in [4.78, 5) is 73.1. The van der Waals surface area contributed by atoms with Crippen molar-refractivity contribution < 1.29 is 47.7 Å². The van der Waals surface area contributed by atoms with Gasteiger partial charge in [0, 0.05) is 6.07 Å². The number of esters is 6. The Hall–Kier alpha value is -6.30. The van der Waals surface area contributed by atoms with Crippen molar-refractivity contribution in [1.29, 1.82) is 0 Å². The van der Waals surface area contributed by atoms with E-state index in [-0.39, 0.29) is 50.6 Å². The first-order valence-corrected chi connectivity index (χ1v) is 12.1. The summed E-state index contributed by atoms with van der Waals surface area (Å²) in [5.74, 6) is -5.38. The highest BCUT2D eigenvalue weighted by atomic mass is 16.6. The molecule has 42 heavy (non-hydrogen) atoms. The van der Waals surface area contributed by atoms with Gasteiger partial charge in [0.15, 0.2) is 5.75 Å². The van der Waals surface area contributed by atoms with Crippen molar-refractivity contribution in [3.63, 3.8) is 0 Å². The van der Waals surface area contributed by atoms with Crippen LogP contribution in [0.3, 0.4) is 0 Å². The molecule has 204 valence electrons. The van der Waals surface area contributed by atoms with Gasteiger partial charge in [-0.3, -0.25) is 0 Å². The van der Waals surface area contributed by atoms with E-state index in [1.807, 2.05) is 0 Å². The van der Waals surface area contributed by atoms with Crippen LogP contribution >= 0.6 is 0 Å². The second-order valence-corrected chi connectivity index (χ2v) is 8.82. The summed E-state index contributed by atoms with van der Waals surface area (Å²) in [7, 11) is 0. The molecule has 0 N–H and O–H groups in total. The Bertz CT molecular complexity index is 1900. The summed E-state index contributed by atoms with van der Waals surface area (Å²) in [6.07, 6.45) is 0. The van der Waals surface area contributed by atoms with Crippen LogP contribution in [0.1, 0.15) is 62.1 Å². The molecule has 2 heterocycles. The molecule has 0 spiro atoms. The fourth-order valence-electron chi connectivity index (χ4n) is 4.08. The van der Waals surface area contributed by atoms with E-state index in [0.29, 0.717) is 5.69 Å². The summed E-state index contributed by atoms with van der Waals surface area (Å²) in [6, 6.07) is 20.2. The third kappa shape index (κ3) is 4.91. The van der Waals surface area contributed by atoms with Crippen molar-refractivity contribution in [1.82, 2.24) is 0 Å². The molecule has 0 bridgehead atoms. The first-order chi connectivity index (χ1) is 20.3. The summed E-state index contributed by atoms with van der Waals surface area (Å²) in [5, 5.41) is 8.26. The number of hydrogen-bond donors (Lipinski definition) is 0. The van der Waals surface area contributed by atoms with Gasteiger partial charge < -0.3 is 18.9 Å². The van der Waals surface area contributed by atoms with Gasteiger partial charge in [0.1, 0.15) is 11.4 Å². The lowest BCUT2D eigenvalue weighted by molar-refractivity contribution is 0.0425. The molecule has 0 amide bonds. The van der Waals surface area contributed by atoms with E-state index in [0.717, 1.165) is 0 Å². The highest BCUT2D eigenvalue weighted by molar-refractivity contribution is 6.16. The molecule has 0 saturated carbocycles. The van der Waals surface area contributed by atoms with Crippen molar-refractivity contribution in [2.45, 2.75) is 0 Å². The Kier molecular flexibility index (Phi) is 6.40. The molecule has 0 saturated heterocycles. The quantitative estimate of drug-likeness (QED) is 0.133. The zero-order valence-corrected chi connectivity index (χ0v) is 21.1. The number of cyclic esters (lactones) is 4. The number of hydrogen-bond acceptors (Lipinski definition) is 12. The van der Waals surface area contributed by atoms with Crippen LogP contribution < -0.4 is 9.47 Å². The number of carbonyl (C=O) groups is 6. The summed E-state index contributed by atoms with van der Waals surface area (Å²) >= 11 is 0. The van der Waals surface area contributed by atoms with Crippen LogP contribution in [0.15, 0.2) is 95.2 Å². The Balaban J connectivity index is 1.29. The van der Waals surface area contributed by atoms with Gasteiger partial charge in [-0.15, -0.1) is 5.11 Å². The Morgan fingerprint density at radius 3 is 1.69 bits per heavy atom. The van der Waals surface area contributed by atoms with Crippen LogP contribution in [-0.4, -0.2) is 35.8 Å². The lowest BCUT2D eigenvalue weighted by Gasteiger charge is -2.10. The lowest BCUT2D eigenvalue weighted by Crippen LogP contribution is -2.11. The molecule has 0 radical (unpaired) electrons. The van der Waals surface area contributed by atoms with E-state index in [1.54, 1.807) is 30.3 Å². The highest BCUT2D eigenvalue weighted by Crippen LogP contribution is 2.34. The van der Waals surface area contributed by atoms with Crippen molar-refractivity contribution in [3.05, 3.63) is 118 Å². The average Bonchev–Trinajstić information content (AvgIpc) is 3.45. The second-order valence-electron chi connectivity index (χ2n) is 8.82. The molecule has 12 heteroatoms. The van der Waals surface area contributed by atoms with Crippen LogP contribution in [-0.2, 0) is 9.47 Å². The summed E-state index contributed by atoms with van der Waals surface area (Å²) in [6.45, 7) is 0. The lowest BCUT2D eigenvalue weighted by atomic mass is 10.1. The summed E-state index contributed by atoms with van der Waals surface area (Å²) < 4.78 is 20.0. The molecule has 2 aliphatic rings. The predicted octanol–water partition coefficient (Wildman–Crippen LogP) is 5.16. The fourth-order valence-corrected chi connectivity index (χ4v) is 4.08. The molecule has 6 rings (SSSR count). The second kappa shape index (κ2) is 10.4. The van der Waals surface area contributed by atoms with Gasteiger partial charge in [-0.1, -0.05) is 18.2 Å². The van der Waals surface area contributed by atoms with Crippen molar-refractivity contribution >= 4 is 47.2 Å². The van der Waals surface area contributed by atoms with Crippen LogP contribution in [0, 0.1) is 0 Å². The minimum atomic E-state index is -0.911. The summed E-state index contributed by atoms with van der Waals surface area (Å²) in [5.41, 5.74) is 0.415. The smallest absolute Gasteiger partial charge is 0.346 e. The monoisotopic (exact) mass is 562 g/mol. The molecule has 12 nitrogen and oxygen atoms in total. The van der Waals surface area contributed by atoms with E-state index in [1.165, 1.54) is 54.6 Å². The minimum absolute atomic E-state index is 0.0204. The molecule has 0 aromatic heterocycles. The number of ether oxygens (including phenoxy) is 4. The normalized spacial score (nSPS) is 13.4. The maximum absolute atomic E-state index is 13.0. The van der Waals surface area contributed by atoms with Gasteiger partial charge >= 0.3 is 35.8 Å². The minimum Gasteiger partial charge on any atom is -0.423 e. The first kappa shape index (κ1) is 26.0. The molecule has 4 aromatic carbocycles. The molecule has 0 unspecified atom stereocenters. The van der Waals surface area contributed by atoms with Crippen LogP contribution in [0.2, 0.25) is 0 Å². The highest BCUT2D eigenvalue weighted by Gasteiger charge is 2.32. The van der Waals surface area contributed by atoms with Crippen LogP contribution in [0.4, 0.5) is 11.4 Å². The molecule has 0 atom stereocenters. The Labute approximate surface area is 235 Å². The van der Waals surface area contributed by atoms with Crippen molar-refractivity contribution in [3.8, 4) is 11.5 Å². The molecule has 0 fully saturated rings. The van der Waals surface area contributed by atoms with E-state index >= 15 is 0 Å². The van der Waals surface area contributed by atoms with Crippen LogP contribution in [0.5, 0.6) is 11.5 Å². The van der Waals surface area contributed by atoms with Gasteiger partial charge in [0.25, 0.3) is 0 Å². The third-order valence-corrected chi connectivity index (χ3v) is 6.13. The van der Waals surface area contributed by atoms with E-state index in [2.05, 4.69) is 19.7 Å². The van der Waals surface area contributed by atoms with Gasteiger partial charge in [-0.05, 0) is 60.7 Å². The zero-order valence-electron chi connectivity index (χ0n) is 21.1. The van der Waals surface area contributed by atoms with Gasteiger partial charge in [0.2, 0.25) is 0 Å². The molecule has 2 aliphatic heterocycles. The largest absolute Gasteiger partial charge is 0.423 e. The molecular formula is C30H14N2O10. The Morgan fingerprint density at radius 2 is 1.10 bits per heavy atom.